The normalized spacial score (nSPS) is 14.1. The minimum absolute atomic E-state index is 0.167. The molecule has 0 radical (unpaired) electrons. The highest BCUT2D eigenvalue weighted by atomic mass is 32.2. The van der Waals surface area contributed by atoms with Gasteiger partial charge in [-0.1, -0.05) is 36.4 Å². The van der Waals surface area contributed by atoms with E-state index in [1.54, 1.807) is 43.3 Å². The highest BCUT2D eigenvalue weighted by Crippen LogP contribution is 2.30. The Morgan fingerprint density at radius 1 is 1.12 bits per heavy atom. The molecule has 0 saturated heterocycles. The van der Waals surface area contributed by atoms with Gasteiger partial charge >= 0.3 is 0 Å². The van der Waals surface area contributed by atoms with Crippen molar-refractivity contribution in [1.82, 2.24) is 14.5 Å². The SMILES string of the molecule is Cc1c(F)cc(C(=O)NC2CC2)cc1-c1ccc2c(cnn2S(=O)(=O)/C=C/c2ccccc2)c1. The quantitative estimate of drug-likeness (QED) is 0.431. The van der Waals surface area contributed by atoms with Crippen molar-refractivity contribution >= 4 is 32.9 Å². The molecule has 4 aromatic rings. The molecule has 1 saturated carbocycles. The van der Waals surface area contributed by atoms with Crippen molar-refractivity contribution in [2.75, 3.05) is 0 Å². The molecule has 3 aromatic carbocycles. The van der Waals surface area contributed by atoms with Crippen LogP contribution >= 0.6 is 0 Å². The molecule has 1 N–H and O–H groups in total. The number of aromatic nitrogens is 2. The summed E-state index contributed by atoms with van der Waals surface area (Å²) < 4.78 is 41.4. The van der Waals surface area contributed by atoms with Gasteiger partial charge in [0.25, 0.3) is 15.9 Å². The van der Waals surface area contributed by atoms with Crippen molar-refractivity contribution in [3.63, 3.8) is 0 Å². The summed E-state index contributed by atoms with van der Waals surface area (Å²) in [5, 5.41) is 8.66. The van der Waals surface area contributed by atoms with Gasteiger partial charge < -0.3 is 5.32 Å². The zero-order valence-electron chi connectivity index (χ0n) is 18.4. The smallest absolute Gasteiger partial charge is 0.276 e. The first-order chi connectivity index (χ1) is 16.3. The van der Waals surface area contributed by atoms with E-state index < -0.39 is 15.8 Å². The Bertz CT molecular complexity index is 1540. The van der Waals surface area contributed by atoms with Gasteiger partial charge in [-0.25, -0.2) is 4.39 Å². The second-order valence-corrected chi connectivity index (χ2v) is 10.0. The van der Waals surface area contributed by atoms with Crippen molar-refractivity contribution in [2.24, 2.45) is 0 Å². The first-order valence-electron chi connectivity index (χ1n) is 10.9. The van der Waals surface area contributed by atoms with Crippen LogP contribution in [0.1, 0.15) is 34.3 Å². The summed E-state index contributed by atoms with van der Waals surface area (Å²) in [6.07, 6.45) is 4.86. The van der Waals surface area contributed by atoms with Gasteiger partial charge in [-0.2, -0.15) is 17.6 Å². The number of rotatable bonds is 6. The second kappa shape index (κ2) is 8.53. The van der Waals surface area contributed by atoms with E-state index in [2.05, 4.69) is 10.4 Å². The third-order valence-electron chi connectivity index (χ3n) is 5.84. The molecule has 0 bridgehead atoms. The van der Waals surface area contributed by atoms with Crippen molar-refractivity contribution in [2.45, 2.75) is 25.8 Å². The summed E-state index contributed by atoms with van der Waals surface area (Å²) in [6, 6.07) is 17.3. The van der Waals surface area contributed by atoms with Crippen LogP contribution in [-0.2, 0) is 10.0 Å². The van der Waals surface area contributed by atoms with Crippen LogP contribution in [0.3, 0.4) is 0 Å². The van der Waals surface area contributed by atoms with Gasteiger partial charge in [-0.3, -0.25) is 4.79 Å². The van der Waals surface area contributed by atoms with Crippen LogP contribution in [-0.4, -0.2) is 29.6 Å². The molecule has 1 aliphatic carbocycles. The number of hydrogen-bond acceptors (Lipinski definition) is 4. The van der Waals surface area contributed by atoms with E-state index in [1.807, 2.05) is 18.2 Å². The van der Waals surface area contributed by atoms with Crippen LogP contribution in [0, 0.1) is 12.7 Å². The zero-order chi connectivity index (χ0) is 23.9. The minimum atomic E-state index is -3.85. The maximum Gasteiger partial charge on any atom is 0.276 e. The predicted octanol–water partition coefficient (Wildman–Crippen LogP) is 4.89. The molecule has 1 fully saturated rings. The molecule has 6 nitrogen and oxygen atoms in total. The molecule has 1 aliphatic rings. The third-order valence-corrected chi connectivity index (χ3v) is 7.09. The molecule has 5 rings (SSSR count). The van der Waals surface area contributed by atoms with E-state index in [0.717, 1.165) is 27.9 Å². The number of halogens is 1. The van der Waals surface area contributed by atoms with Crippen molar-refractivity contribution < 1.29 is 17.6 Å². The first-order valence-corrected chi connectivity index (χ1v) is 12.4. The number of carbonyl (C=O) groups excluding carboxylic acids is 1. The van der Waals surface area contributed by atoms with Gasteiger partial charge in [0.1, 0.15) is 5.82 Å². The zero-order valence-corrected chi connectivity index (χ0v) is 19.2. The summed E-state index contributed by atoms with van der Waals surface area (Å²) in [4.78, 5) is 12.5. The minimum Gasteiger partial charge on any atom is -0.349 e. The van der Waals surface area contributed by atoms with Gasteiger partial charge in [0.15, 0.2) is 0 Å². The van der Waals surface area contributed by atoms with Crippen LogP contribution in [0.2, 0.25) is 0 Å². The number of fused-ring (bicyclic) bond motifs is 1. The lowest BCUT2D eigenvalue weighted by molar-refractivity contribution is 0.0950. The highest BCUT2D eigenvalue weighted by molar-refractivity contribution is 7.93. The Morgan fingerprint density at radius 2 is 1.88 bits per heavy atom. The van der Waals surface area contributed by atoms with E-state index in [9.17, 15) is 17.6 Å². The van der Waals surface area contributed by atoms with E-state index in [0.29, 0.717) is 27.6 Å². The summed E-state index contributed by atoms with van der Waals surface area (Å²) in [5.41, 5.74) is 3.07. The number of carbonyl (C=O) groups is 1. The average Bonchev–Trinajstić information content (AvgIpc) is 3.54. The Labute approximate surface area is 196 Å². The molecule has 172 valence electrons. The molecule has 0 atom stereocenters. The molecule has 1 heterocycles. The topological polar surface area (TPSA) is 81.1 Å². The van der Waals surface area contributed by atoms with Gasteiger partial charge in [0.2, 0.25) is 0 Å². The predicted molar refractivity (Wildman–Crippen MR) is 130 cm³/mol. The van der Waals surface area contributed by atoms with Gasteiger partial charge in [-0.15, -0.1) is 0 Å². The molecule has 34 heavy (non-hydrogen) atoms. The van der Waals surface area contributed by atoms with Crippen molar-refractivity contribution in [3.8, 4) is 11.1 Å². The lowest BCUT2D eigenvalue weighted by Gasteiger charge is -2.11. The molecular weight excluding hydrogens is 453 g/mol. The largest absolute Gasteiger partial charge is 0.349 e. The molecular formula is C26H22FN3O3S. The lowest BCUT2D eigenvalue weighted by Crippen LogP contribution is -2.25. The molecule has 0 unspecified atom stereocenters. The Balaban J connectivity index is 1.50. The molecule has 8 heteroatoms. The van der Waals surface area contributed by atoms with E-state index >= 15 is 0 Å². The van der Waals surface area contributed by atoms with E-state index in [4.69, 9.17) is 0 Å². The maximum absolute atomic E-state index is 14.7. The summed E-state index contributed by atoms with van der Waals surface area (Å²) in [7, 11) is -3.85. The van der Waals surface area contributed by atoms with Crippen LogP contribution in [0.15, 0.2) is 72.3 Å². The van der Waals surface area contributed by atoms with Crippen LogP contribution < -0.4 is 5.32 Å². The summed E-state index contributed by atoms with van der Waals surface area (Å²) in [6.45, 7) is 1.65. The van der Waals surface area contributed by atoms with Crippen molar-refractivity contribution in [3.05, 3.63) is 94.8 Å². The first kappa shape index (κ1) is 22.0. The fourth-order valence-electron chi connectivity index (χ4n) is 3.77. The third kappa shape index (κ3) is 4.36. The fraction of sp³-hybridized carbons (Fsp3) is 0.154. The number of amides is 1. The number of benzene rings is 3. The molecule has 1 amide bonds. The molecule has 1 aromatic heterocycles. The summed E-state index contributed by atoms with van der Waals surface area (Å²) in [5.74, 6) is -0.768. The average molecular weight is 476 g/mol. The van der Waals surface area contributed by atoms with E-state index in [1.165, 1.54) is 18.3 Å². The van der Waals surface area contributed by atoms with Crippen LogP contribution in [0.4, 0.5) is 4.39 Å². The maximum atomic E-state index is 14.7. The Morgan fingerprint density at radius 3 is 2.62 bits per heavy atom. The summed E-state index contributed by atoms with van der Waals surface area (Å²) >= 11 is 0. The van der Waals surface area contributed by atoms with Gasteiger partial charge in [0.05, 0.1) is 17.1 Å². The fourth-order valence-corrected chi connectivity index (χ4v) is 4.84. The monoisotopic (exact) mass is 475 g/mol. The highest BCUT2D eigenvalue weighted by Gasteiger charge is 2.25. The van der Waals surface area contributed by atoms with E-state index in [-0.39, 0.29) is 17.5 Å². The second-order valence-electron chi connectivity index (χ2n) is 8.40. The van der Waals surface area contributed by atoms with Crippen LogP contribution in [0.5, 0.6) is 0 Å². The molecule has 0 spiro atoms. The molecule has 0 aliphatic heterocycles. The van der Waals surface area contributed by atoms with Gasteiger partial charge in [0, 0.05) is 17.0 Å². The standard InChI is InChI=1S/C26H22FN3O3S/c1-17-23(14-20(15-24(17)27)26(31)29-22-8-9-22)19-7-10-25-21(13-19)16-28-30(25)34(32,33)12-11-18-5-3-2-4-6-18/h2-7,10-16,22H,8-9H2,1H3,(H,29,31)/b12-11+. The lowest BCUT2D eigenvalue weighted by atomic mass is 9.96. The Hall–Kier alpha value is -3.78. The van der Waals surface area contributed by atoms with Crippen LogP contribution in [0.25, 0.3) is 28.1 Å². The van der Waals surface area contributed by atoms with Gasteiger partial charge in [-0.05, 0) is 72.4 Å². The number of nitrogens with zero attached hydrogens (tertiary/aromatic N) is 2. The Kier molecular flexibility index (Phi) is 5.53. The number of hydrogen-bond donors (Lipinski definition) is 1. The number of nitrogens with one attached hydrogen (secondary N) is 1. The van der Waals surface area contributed by atoms with Crippen molar-refractivity contribution in [1.29, 1.82) is 0 Å².